The highest BCUT2D eigenvalue weighted by Gasteiger charge is 2.17. The van der Waals surface area contributed by atoms with Gasteiger partial charge in [0.05, 0.1) is 6.21 Å². The molecule has 0 saturated heterocycles. The van der Waals surface area contributed by atoms with Crippen molar-refractivity contribution in [2.24, 2.45) is 4.99 Å². The van der Waals surface area contributed by atoms with E-state index in [9.17, 15) is 4.79 Å². The smallest absolute Gasteiger partial charge is 0.281 e. The highest BCUT2D eigenvalue weighted by atomic mass is 16.1. The topological polar surface area (TPSA) is 59.3 Å². The van der Waals surface area contributed by atoms with Crippen LogP contribution in [0.1, 0.15) is 11.5 Å². The van der Waals surface area contributed by atoms with Crippen LogP contribution in [0.3, 0.4) is 0 Å². The Morgan fingerprint density at radius 3 is 3.36 bits per heavy atom. The zero-order valence-electron chi connectivity index (χ0n) is 7.40. The summed E-state index contributed by atoms with van der Waals surface area (Å²) in [5.74, 6) is 0.781. The highest BCUT2D eigenvalue weighted by Crippen LogP contribution is 2.13. The first-order valence-corrected chi connectivity index (χ1v) is 4.42. The number of nitrogens with one attached hydrogen (secondary N) is 1. The quantitative estimate of drug-likeness (QED) is 0.626. The molecule has 0 aliphatic carbocycles. The fourth-order valence-corrected chi connectivity index (χ4v) is 1.67. The number of aliphatic imine (C=N–C) groups is 1. The number of fused-ring (bicyclic) bond motifs is 2. The lowest BCUT2D eigenvalue weighted by atomic mass is 10.3. The van der Waals surface area contributed by atoms with Crippen LogP contribution in [0.25, 0.3) is 6.20 Å². The SMILES string of the molecule is O=c1c2c(nc3n1C=CC3)C=NCN2. The van der Waals surface area contributed by atoms with Crippen LogP contribution in [0.15, 0.2) is 15.9 Å². The molecule has 0 amide bonds. The number of anilines is 1. The molecule has 2 aliphatic rings. The lowest BCUT2D eigenvalue weighted by Gasteiger charge is -2.12. The molecule has 0 bridgehead atoms. The van der Waals surface area contributed by atoms with Crippen LogP contribution in [0.4, 0.5) is 5.69 Å². The summed E-state index contributed by atoms with van der Waals surface area (Å²) in [5.41, 5.74) is 1.16. The van der Waals surface area contributed by atoms with Crippen molar-refractivity contribution in [1.29, 1.82) is 0 Å². The van der Waals surface area contributed by atoms with Gasteiger partial charge < -0.3 is 5.32 Å². The van der Waals surface area contributed by atoms with Crippen LogP contribution in [0.2, 0.25) is 0 Å². The standard InChI is InChI=1S/C9H8N4O/c14-9-8-6(4-10-5-11-8)12-7-2-1-3-13(7)9/h1,3-4,11H,2,5H2. The second-order valence-electron chi connectivity index (χ2n) is 3.20. The van der Waals surface area contributed by atoms with Crippen LogP contribution in [-0.2, 0) is 6.42 Å². The predicted molar refractivity (Wildman–Crippen MR) is 53.6 cm³/mol. The van der Waals surface area contributed by atoms with E-state index in [-0.39, 0.29) is 5.56 Å². The summed E-state index contributed by atoms with van der Waals surface area (Å²) in [6.07, 6.45) is 6.05. The number of aromatic nitrogens is 2. The molecule has 0 fully saturated rings. The van der Waals surface area contributed by atoms with Crippen LogP contribution in [0, 0.1) is 0 Å². The molecule has 0 aromatic carbocycles. The number of hydrogen-bond acceptors (Lipinski definition) is 4. The largest absolute Gasteiger partial charge is 0.360 e. The molecule has 5 heteroatoms. The maximum absolute atomic E-state index is 11.9. The first kappa shape index (κ1) is 7.49. The Morgan fingerprint density at radius 2 is 2.43 bits per heavy atom. The minimum atomic E-state index is -0.0371. The van der Waals surface area contributed by atoms with E-state index in [0.717, 1.165) is 12.2 Å². The van der Waals surface area contributed by atoms with Gasteiger partial charge >= 0.3 is 0 Å². The summed E-state index contributed by atoms with van der Waals surface area (Å²) in [5, 5.41) is 2.93. The van der Waals surface area contributed by atoms with Gasteiger partial charge in [-0.05, 0) is 0 Å². The normalized spacial score (nSPS) is 16.3. The van der Waals surface area contributed by atoms with Gasteiger partial charge in [0.1, 0.15) is 23.9 Å². The second kappa shape index (κ2) is 2.54. The van der Waals surface area contributed by atoms with Crippen LogP contribution < -0.4 is 10.9 Å². The van der Waals surface area contributed by atoms with Crippen molar-refractivity contribution in [1.82, 2.24) is 9.55 Å². The molecule has 0 atom stereocenters. The molecule has 0 saturated carbocycles. The lowest BCUT2D eigenvalue weighted by molar-refractivity contribution is 0.896. The third-order valence-electron chi connectivity index (χ3n) is 2.33. The Hall–Kier alpha value is -1.91. The summed E-state index contributed by atoms with van der Waals surface area (Å²) in [6, 6.07) is 0. The minimum Gasteiger partial charge on any atom is -0.360 e. The monoisotopic (exact) mass is 188 g/mol. The molecule has 3 heterocycles. The van der Waals surface area contributed by atoms with Gasteiger partial charge in [0.2, 0.25) is 0 Å². The molecule has 70 valence electrons. The molecule has 0 unspecified atom stereocenters. The summed E-state index contributed by atoms with van der Waals surface area (Å²) in [6.45, 7) is 0.451. The Labute approximate surface area is 79.8 Å². The highest BCUT2D eigenvalue weighted by molar-refractivity contribution is 5.86. The summed E-state index contributed by atoms with van der Waals surface area (Å²) in [4.78, 5) is 20.2. The zero-order valence-corrected chi connectivity index (χ0v) is 7.40. The number of nitrogens with zero attached hydrogens (tertiary/aromatic N) is 3. The maximum Gasteiger partial charge on any atom is 0.281 e. The van der Waals surface area contributed by atoms with E-state index >= 15 is 0 Å². The van der Waals surface area contributed by atoms with Crippen molar-refractivity contribution in [2.75, 3.05) is 12.0 Å². The summed E-state index contributed by atoms with van der Waals surface area (Å²) >= 11 is 0. The van der Waals surface area contributed by atoms with Crippen molar-refractivity contribution < 1.29 is 0 Å². The third kappa shape index (κ3) is 0.863. The number of hydrogen-bond donors (Lipinski definition) is 1. The van der Waals surface area contributed by atoms with Crippen LogP contribution in [0.5, 0.6) is 0 Å². The Kier molecular flexibility index (Phi) is 1.36. The molecular formula is C9H8N4O. The van der Waals surface area contributed by atoms with Crippen LogP contribution in [-0.4, -0.2) is 22.4 Å². The van der Waals surface area contributed by atoms with E-state index in [0.29, 0.717) is 18.1 Å². The van der Waals surface area contributed by atoms with Crippen molar-refractivity contribution in [3.8, 4) is 0 Å². The van der Waals surface area contributed by atoms with E-state index < -0.39 is 0 Å². The van der Waals surface area contributed by atoms with E-state index in [2.05, 4.69) is 15.3 Å². The van der Waals surface area contributed by atoms with Gasteiger partial charge in [0.15, 0.2) is 0 Å². The minimum absolute atomic E-state index is 0.0371. The summed E-state index contributed by atoms with van der Waals surface area (Å²) < 4.78 is 1.57. The predicted octanol–water partition coefficient (Wildman–Crippen LogP) is 0.0720. The van der Waals surface area contributed by atoms with Crippen molar-refractivity contribution >= 4 is 18.1 Å². The fraction of sp³-hybridized carbons (Fsp3) is 0.222. The number of rotatable bonds is 0. The molecule has 14 heavy (non-hydrogen) atoms. The first-order valence-electron chi connectivity index (χ1n) is 4.42. The molecule has 5 nitrogen and oxygen atoms in total. The molecule has 0 spiro atoms. The lowest BCUT2D eigenvalue weighted by Crippen LogP contribution is -2.27. The first-order chi connectivity index (χ1) is 6.86. The van der Waals surface area contributed by atoms with Gasteiger partial charge in [0.25, 0.3) is 5.56 Å². The van der Waals surface area contributed by atoms with Crippen molar-refractivity contribution in [3.05, 3.63) is 27.9 Å². The molecular weight excluding hydrogens is 180 g/mol. The van der Waals surface area contributed by atoms with Gasteiger partial charge in [-0.3, -0.25) is 14.4 Å². The molecule has 0 radical (unpaired) electrons. The van der Waals surface area contributed by atoms with Gasteiger partial charge in [-0.15, -0.1) is 0 Å². The van der Waals surface area contributed by atoms with Gasteiger partial charge in [-0.2, -0.15) is 0 Å². The van der Waals surface area contributed by atoms with Crippen LogP contribution >= 0.6 is 0 Å². The third-order valence-corrected chi connectivity index (χ3v) is 2.33. The summed E-state index contributed by atoms with van der Waals surface area (Å²) in [7, 11) is 0. The Bertz CT molecular complexity index is 512. The molecule has 3 rings (SSSR count). The molecule has 1 N–H and O–H groups in total. The molecule has 2 aliphatic heterocycles. The van der Waals surface area contributed by atoms with Crippen molar-refractivity contribution in [3.63, 3.8) is 0 Å². The Morgan fingerprint density at radius 1 is 1.50 bits per heavy atom. The van der Waals surface area contributed by atoms with Gasteiger partial charge in [-0.25, -0.2) is 4.98 Å². The van der Waals surface area contributed by atoms with Gasteiger partial charge in [-0.1, -0.05) is 6.08 Å². The van der Waals surface area contributed by atoms with Crippen molar-refractivity contribution in [2.45, 2.75) is 6.42 Å². The molecule has 1 aromatic rings. The fourth-order valence-electron chi connectivity index (χ4n) is 1.67. The Balaban J connectivity index is 2.36. The average Bonchev–Trinajstić information content (AvgIpc) is 2.66. The van der Waals surface area contributed by atoms with E-state index in [1.54, 1.807) is 17.0 Å². The molecule has 1 aromatic heterocycles. The van der Waals surface area contributed by atoms with Gasteiger partial charge in [0, 0.05) is 12.6 Å². The second-order valence-corrected chi connectivity index (χ2v) is 3.20. The van der Waals surface area contributed by atoms with E-state index in [1.807, 2.05) is 6.08 Å². The average molecular weight is 188 g/mol. The number of allylic oxidation sites excluding steroid dienone is 1. The van der Waals surface area contributed by atoms with E-state index in [4.69, 9.17) is 0 Å². The zero-order chi connectivity index (χ0) is 9.54. The maximum atomic E-state index is 11.9. The van der Waals surface area contributed by atoms with E-state index in [1.165, 1.54) is 0 Å².